The molecule has 1 radical (unpaired) electrons. The van der Waals surface area contributed by atoms with Crippen LogP contribution in [0.15, 0.2) is 59.2 Å². The number of rotatable bonds is 8. The monoisotopic (exact) mass is 365 g/mol. The summed E-state index contributed by atoms with van der Waals surface area (Å²) in [5, 5.41) is 18.4. The van der Waals surface area contributed by atoms with Crippen molar-refractivity contribution in [2.24, 2.45) is 0 Å². The average Bonchev–Trinajstić information content (AvgIpc) is 3.22. The topological polar surface area (TPSA) is 90.3 Å². The molecule has 0 saturated carbocycles. The van der Waals surface area contributed by atoms with Crippen molar-refractivity contribution in [2.75, 3.05) is 13.2 Å². The minimum atomic E-state index is -1.17. The molecule has 0 aliphatic heterocycles. The maximum absolute atomic E-state index is 9.22. The van der Waals surface area contributed by atoms with E-state index < -0.39 is 5.54 Å². The van der Waals surface area contributed by atoms with Gasteiger partial charge in [0.1, 0.15) is 12.0 Å². The number of hydrogen-bond donors (Lipinski definition) is 2. The largest absolute Gasteiger partial charge is 0.448 e. The van der Waals surface area contributed by atoms with Crippen LogP contribution in [0, 0.1) is 0 Å². The third kappa shape index (κ3) is 4.63. The average molecular weight is 365 g/mol. The molecule has 5 nitrogen and oxygen atoms in total. The quantitative estimate of drug-likeness (QED) is 0.639. The molecule has 1 heterocycles. The normalized spacial score (nSPS) is 11.7. The molecule has 2 aromatic carbocycles. The molecule has 27 heavy (non-hydrogen) atoms. The molecule has 3 rings (SSSR count). The Morgan fingerprint density at radius 3 is 2.00 bits per heavy atom. The van der Waals surface area contributed by atoms with Crippen LogP contribution >= 0.6 is 0 Å². The van der Waals surface area contributed by atoms with Crippen molar-refractivity contribution in [1.82, 2.24) is 10.7 Å². The van der Waals surface area contributed by atoms with Crippen LogP contribution in [0.4, 0.5) is 0 Å². The standard InChI is InChI=1S/C22H25N2O3/c1-2-21-24-20(13-27-21)19-9-7-18(8-10-19)17-5-3-16(4-6-17)11-12-22(23,14-25)15-26/h3-10,13,23,25-26H,2,11-12,14-15H2,1H3. The van der Waals surface area contributed by atoms with Crippen LogP contribution in [-0.2, 0) is 12.8 Å². The number of benzene rings is 2. The van der Waals surface area contributed by atoms with Gasteiger partial charge < -0.3 is 14.6 Å². The lowest BCUT2D eigenvalue weighted by atomic mass is 9.93. The van der Waals surface area contributed by atoms with Crippen LogP contribution < -0.4 is 5.73 Å². The lowest BCUT2D eigenvalue weighted by Crippen LogP contribution is -2.39. The maximum Gasteiger partial charge on any atom is 0.194 e. The molecule has 0 aliphatic rings. The Balaban J connectivity index is 1.68. The zero-order valence-corrected chi connectivity index (χ0v) is 15.5. The van der Waals surface area contributed by atoms with Gasteiger partial charge in [0.05, 0.1) is 18.8 Å². The van der Waals surface area contributed by atoms with Crippen molar-refractivity contribution < 1.29 is 14.6 Å². The van der Waals surface area contributed by atoms with Crippen LogP contribution in [0.2, 0.25) is 0 Å². The highest BCUT2D eigenvalue weighted by molar-refractivity contribution is 5.68. The van der Waals surface area contributed by atoms with Crippen LogP contribution in [0.3, 0.4) is 0 Å². The third-order valence-electron chi connectivity index (χ3n) is 4.82. The summed E-state index contributed by atoms with van der Waals surface area (Å²) in [5.74, 6) is 0.740. The van der Waals surface area contributed by atoms with Crippen LogP contribution in [0.25, 0.3) is 22.4 Å². The Hall–Kier alpha value is -2.47. The molecular formula is C22H25N2O3. The van der Waals surface area contributed by atoms with E-state index >= 15 is 0 Å². The highest BCUT2D eigenvalue weighted by atomic mass is 16.3. The van der Waals surface area contributed by atoms with Gasteiger partial charge in [0.15, 0.2) is 5.89 Å². The highest BCUT2D eigenvalue weighted by Gasteiger charge is 2.23. The van der Waals surface area contributed by atoms with Gasteiger partial charge in [-0.05, 0) is 29.5 Å². The summed E-state index contributed by atoms with van der Waals surface area (Å²) < 4.78 is 5.40. The van der Waals surface area contributed by atoms with Crippen LogP contribution in [0.5, 0.6) is 0 Å². The number of aromatic nitrogens is 1. The van der Waals surface area contributed by atoms with E-state index in [9.17, 15) is 10.2 Å². The smallest absolute Gasteiger partial charge is 0.194 e. The molecular weight excluding hydrogens is 340 g/mol. The second-order valence-corrected chi connectivity index (χ2v) is 6.85. The molecule has 0 fully saturated rings. The zero-order valence-electron chi connectivity index (χ0n) is 15.5. The van der Waals surface area contributed by atoms with Gasteiger partial charge in [-0.15, -0.1) is 0 Å². The van der Waals surface area contributed by atoms with E-state index in [0.717, 1.165) is 40.3 Å². The molecule has 3 N–H and O–H groups in total. The molecule has 0 amide bonds. The van der Waals surface area contributed by atoms with Gasteiger partial charge in [0.25, 0.3) is 0 Å². The first-order chi connectivity index (χ1) is 13.1. The summed E-state index contributed by atoms with van der Waals surface area (Å²) in [6.45, 7) is 1.35. The van der Waals surface area contributed by atoms with Crippen LogP contribution in [-0.4, -0.2) is 33.9 Å². The Bertz CT molecular complexity index is 850. The Morgan fingerprint density at radius 1 is 0.926 bits per heavy atom. The van der Waals surface area contributed by atoms with Crippen molar-refractivity contribution in [3.8, 4) is 22.4 Å². The van der Waals surface area contributed by atoms with Gasteiger partial charge in [-0.3, -0.25) is 0 Å². The highest BCUT2D eigenvalue weighted by Crippen LogP contribution is 2.25. The van der Waals surface area contributed by atoms with Crippen molar-refractivity contribution >= 4 is 0 Å². The molecule has 5 heteroatoms. The number of nitrogens with zero attached hydrogens (tertiary/aromatic N) is 1. The van der Waals surface area contributed by atoms with Gasteiger partial charge in [-0.2, -0.15) is 0 Å². The number of hydrogen-bond acceptors (Lipinski definition) is 4. The van der Waals surface area contributed by atoms with Crippen molar-refractivity contribution in [3.05, 3.63) is 66.2 Å². The molecule has 3 aromatic rings. The van der Waals surface area contributed by atoms with E-state index in [0.29, 0.717) is 12.8 Å². The Morgan fingerprint density at radius 2 is 1.48 bits per heavy atom. The molecule has 0 spiro atoms. The number of nitrogens with one attached hydrogen (secondary N) is 1. The zero-order chi connectivity index (χ0) is 19.3. The fourth-order valence-corrected chi connectivity index (χ4v) is 2.89. The first-order valence-electron chi connectivity index (χ1n) is 9.18. The van der Waals surface area contributed by atoms with E-state index in [-0.39, 0.29) is 13.2 Å². The van der Waals surface area contributed by atoms with Crippen molar-refractivity contribution in [3.63, 3.8) is 0 Å². The first kappa shape index (κ1) is 19.3. The molecule has 0 atom stereocenters. The molecule has 1 aromatic heterocycles. The molecule has 0 aliphatic carbocycles. The summed E-state index contributed by atoms with van der Waals surface area (Å²) in [6.07, 6.45) is 3.54. The minimum absolute atomic E-state index is 0.334. The molecule has 141 valence electrons. The van der Waals surface area contributed by atoms with Gasteiger partial charge in [-0.25, -0.2) is 10.7 Å². The number of aliphatic hydroxyl groups excluding tert-OH is 2. The van der Waals surface area contributed by atoms with E-state index in [4.69, 9.17) is 10.2 Å². The lowest BCUT2D eigenvalue weighted by molar-refractivity contribution is 0.109. The van der Waals surface area contributed by atoms with Crippen molar-refractivity contribution in [1.29, 1.82) is 0 Å². The Labute approximate surface area is 159 Å². The summed E-state index contributed by atoms with van der Waals surface area (Å²) in [6, 6.07) is 16.4. The molecule has 0 bridgehead atoms. The fourth-order valence-electron chi connectivity index (χ4n) is 2.89. The summed E-state index contributed by atoms with van der Waals surface area (Å²) >= 11 is 0. The van der Waals surface area contributed by atoms with Gasteiger partial charge in [0.2, 0.25) is 0 Å². The maximum atomic E-state index is 9.22. The van der Waals surface area contributed by atoms with Gasteiger partial charge >= 0.3 is 0 Å². The number of oxazole rings is 1. The van der Waals surface area contributed by atoms with Gasteiger partial charge in [0, 0.05) is 12.0 Å². The van der Waals surface area contributed by atoms with E-state index in [1.54, 1.807) is 6.26 Å². The number of aliphatic hydroxyl groups is 2. The third-order valence-corrected chi connectivity index (χ3v) is 4.82. The lowest BCUT2D eigenvalue weighted by Gasteiger charge is -2.23. The summed E-state index contributed by atoms with van der Waals surface area (Å²) in [7, 11) is 0. The van der Waals surface area contributed by atoms with Crippen molar-refractivity contribution in [2.45, 2.75) is 31.7 Å². The second-order valence-electron chi connectivity index (χ2n) is 6.85. The minimum Gasteiger partial charge on any atom is -0.448 e. The summed E-state index contributed by atoms with van der Waals surface area (Å²) in [4.78, 5) is 4.45. The fraction of sp³-hybridized carbons (Fsp3) is 0.318. The van der Waals surface area contributed by atoms with Gasteiger partial charge in [-0.1, -0.05) is 55.5 Å². The SMILES string of the molecule is CCc1nc(-c2ccc(-c3ccc(CCC([NH])(CO)CO)cc3)cc2)co1. The predicted molar refractivity (Wildman–Crippen MR) is 105 cm³/mol. The number of aryl methyl sites for hydroxylation is 2. The Kier molecular flexibility index (Phi) is 6.06. The molecule has 0 saturated heterocycles. The van der Waals surface area contributed by atoms with E-state index in [2.05, 4.69) is 29.2 Å². The van der Waals surface area contributed by atoms with Crippen LogP contribution in [0.1, 0.15) is 24.8 Å². The van der Waals surface area contributed by atoms with E-state index in [1.807, 2.05) is 31.2 Å². The first-order valence-corrected chi connectivity index (χ1v) is 9.18. The molecule has 0 unspecified atom stereocenters. The second kappa shape index (κ2) is 8.48. The predicted octanol–water partition coefficient (Wildman–Crippen LogP) is 3.51. The van der Waals surface area contributed by atoms with E-state index in [1.165, 1.54) is 0 Å². The summed E-state index contributed by atoms with van der Waals surface area (Å²) in [5.41, 5.74) is 12.0.